The molecular weight excluding hydrogens is 324 g/mol. The third-order valence-corrected chi connectivity index (χ3v) is 5.05. The van der Waals surface area contributed by atoms with Crippen LogP contribution < -0.4 is 9.80 Å². The van der Waals surface area contributed by atoms with Crippen molar-refractivity contribution in [2.75, 3.05) is 9.80 Å². The monoisotopic (exact) mass is 350 g/mol. The Labute approximate surface area is 155 Å². The van der Waals surface area contributed by atoms with Gasteiger partial charge in [-0.2, -0.15) is 0 Å². The first-order valence-electron chi connectivity index (χ1n) is 9.36. The average molecular weight is 350 g/mol. The minimum atomic E-state index is -0.0723. The van der Waals surface area contributed by atoms with Gasteiger partial charge in [-0.1, -0.05) is 50.2 Å². The number of anilines is 2. The van der Waals surface area contributed by atoms with Gasteiger partial charge < -0.3 is 9.80 Å². The summed E-state index contributed by atoms with van der Waals surface area (Å²) in [5.74, 6) is 0.218. The molecule has 0 radical (unpaired) electrons. The smallest absolute Gasteiger partial charge is 0.227 e. The molecule has 3 rings (SSSR count). The van der Waals surface area contributed by atoms with E-state index in [1.807, 2.05) is 78.2 Å². The Bertz CT molecular complexity index is 788. The third kappa shape index (κ3) is 3.24. The maximum atomic E-state index is 12.8. The van der Waals surface area contributed by atoms with E-state index in [2.05, 4.69) is 6.92 Å². The molecule has 0 bridgehead atoms. The highest BCUT2D eigenvalue weighted by atomic mass is 16.2. The fourth-order valence-electron chi connectivity index (χ4n) is 3.83. The van der Waals surface area contributed by atoms with Gasteiger partial charge in [0.25, 0.3) is 0 Å². The number of amides is 2. The lowest BCUT2D eigenvalue weighted by atomic mass is 9.89. The predicted octanol–water partition coefficient (Wildman–Crippen LogP) is 4.71. The lowest BCUT2D eigenvalue weighted by Crippen LogP contribution is -2.47. The minimum absolute atomic E-state index is 0.0400. The first kappa shape index (κ1) is 18.2. The number of benzene rings is 2. The highest BCUT2D eigenvalue weighted by Gasteiger charge is 2.37. The van der Waals surface area contributed by atoms with Crippen molar-refractivity contribution in [3.63, 3.8) is 0 Å². The van der Waals surface area contributed by atoms with Gasteiger partial charge in [0.2, 0.25) is 11.8 Å². The van der Waals surface area contributed by atoms with E-state index >= 15 is 0 Å². The molecule has 136 valence electrons. The van der Waals surface area contributed by atoms with Gasteiger partial charge >= 0.3 is 0 Å². The van der Waals surface area contributed by atoms with Gasteiger partial charge in [0.1, 0.15) is 0 Å². The Hall–Kier alpha value is -2.62. The van der Waals surface area contributed by atoms with Crippen molar-refractivity contribution in [2.45, 2.75) is 52.1 Å². The maximum Gasteiger partial charge on any atom is 0.227 e. The van der Waals surface area contributed by atoms with Crippen molar-refractivity contribution >= 4 is 23.2 Å². The van der Waals surface area contributed by atoms with Crippen LogP contribution >= 0.6 is 0 Å². The lowest BCUT2D eigenvalue weighted by molar-refractivity contribution is -0.119. The minimum Gasteiger partial charge on any atom is -0.309 e. The third-order valence-electron chi connectivity index (χ3n) is 5.05. The SMILES string of the molecule is CCC(=O)N1c2ccccc2[C@@H](N(C(=O)CC)c2ccccc2)C[C@@H]1C. The fraction of sp³-hybridized carbons (Fsp3) is 0.364. The Balaban J connectivity index is 2.11. The van der Waals surface area contributed by atoms with Crippen LogP contribution in [0.4, 0.5) is 11.4 Å². The van der Waals surface area contributed by atoms with Gasteiger partial charge in [0, 0.05) is 30.3 Å². The molecular formula is C22H26N2O2. The molecule has 26 heavy (non-hydrogen) atoms. The molecule has 2 aromatic rings. The Morgan fingerprint density at radius 1 is 1.00 bits per heavy atom. The van der Waals surface area contributed by atoms with Gasteiger partial charge in [-0.3, -0.25) is 9.59 Å². The van der Waals surface area contributed by atoms with Crippen LogP contribution in [0.5, 0.6) is 0 Å². The summed E-state index contributed by atoms with van der Waals surface area (Å²) >= 11 is 0. The highest BCUT2D eigenvalue weighted by Crippen LogP contribution is 2.42. The second-order valence-electron chi connectivity index (χ2n) is 6.73. The number of nitrogens with zero attached hydrogens (tertiary/aromatic N) is 2. The molecule has 0 fully saturated rings. The molecule has 2 aromatic carbocycles. The number of para-hydroxylation sites is 2. The molecule has 0 spiro atoms. The van der Waals surface area contributed by atoms with E-state index in [-0.39, 0.29) is 23.9 Å². The van der Waals surface area contributed by atoms with Crippen molar-refractivity contribution in [3.8, 4) is 0 Å². The topological polar surface area (TPSA) is 40.6 Å². The summed E-state index contributed by atoms with van der Waals surface area (Å²) in [4.78, 5) is 29.2. The van der Waals surface area contributed by atoms with Gasteiger partial charge in [-0.25, -0.2) is 0 Å². The van der Waals surface area contributed by atoms with Crippen molar-refractivity contribution in [1.82, 2.24) is 0 Å². The second-order valence-corrected chi connectivity index (χ2v) is 6.73. The van der Waals surface area contributed by atoms with E-state index < -0.39 is 0 Å². The van der Waals surface area contributed by atoms with Gasteiger partial charge in [0.15, 0.2) is 0 Å². The molecule has 2 atom stereocenters. The standard InChI is InChI=1S/C22H26N2O2/c1-4-21(25)23-16(3)15-20(18-13-9-10-14-19(18)23)24(22(26)5-2)17-11-7-6-8-12-17/h6-14,16,20H,4-5,15H2,1-3H3/t16-,20-/m0/s1. The summed E-state index contributed by atoms with van der Waals surface area (Å²) in [7, 11) is 0. The molecule has 0 unspecified atom stereocenters. The molecule has 4 heteroatoms. The summed E-state index contributed by atoms with van der Waals surface area (Å²) in [6, 6.07) is 17.8. The zero-order chi connectivity index (χ0) is 18.7. The molecule has 0 saturated carbocycles. The van der Waals surface area contributed by atoms with E-state index in [0.717, 1.165) is 23.4 Å². The molecule has 0 saturated heterocycles. The van der Waals surface area contributed by atoms with Crippen LogP contribution in [0.15, 0.2) is 54.6 Å². The number of hydrogen-bond acceptors (Lipinski definition) is 2. The summed E-state index contributed by atoms with van der Waals surface area (Å²) < 4.78 is 0. The van der Waals surface area contributed by atoms with Crippen LogP contribution in [0.3, 0.4) is 0 Å². The predicted molar refractivity (Wildman–Crippen MR) is 105 cm³/mol. The first-order chi connectivity index (χ1) is 12.6. The molecule has 4 nitrogen and oxygen atoms in total. The maximum absolute atomic E-state index is 12.8. The van der Waals surface area contributed by atoms with Gasteiger partial charge in [-0.15, -0.1) is 0 Å². The quantitative estimate of drug-likeness (QED) is 0.801. The summed E-state index contributed by atoms with van der Waals surface area (Å²) in [6.45, 7) is 5.85. The van der Waals surface area contributed by atoms with Gasteiger partial charge in [-0.05, 0) is 37.1 Å². The number of rotatable bonds is 4. The second kappa shape index (κ2) is 7.73. The number of fused-ring (bicyclic) bond motifs is 1. The molecule has 1 aliphatic heterocycles. The van der Waals surface area contributed by atoms with Crippen LogP contribution in [-0.2, 0) is 9.59 Å². The van der Waals surface area contributed by atoms with E-state index in [9.17, 15) is 9.59 Å². The van der Waals surface area contributed by atoms with Crippen molar-refractivity contribution in [2.24, 2.45) is 0 Å². The molecule has 1 aliphatic rings. The normalized spacial score (nSPS) is 19.0. The van der Waals surface area contributed by atoms with Crippen LogP contribution in [0.25, 0.3) is 0 Å². The van der Waals surface area contributed by atoms with E-state index in [1.165, 1.54) is 0 Å². The Kier molecular flexibility index (Phi) is 5.40. The molecule has 1 heterocycles. The van der Waals surface area contributed by atoms with E-state index in [4.69, 9.17) is 0 Å². The summed E-state index contributed by atoms with van der Waals surface area (Å²) in [5, 5.41) is 0. The molecule has 0 N–H and O–H groups in total. The van der Waals surface area contributed by atoms with Gasteiger partial charge in [0.05, 0.1) is 6.04 Å². The molecule has 2 amide bonds. The zero-order valence-electron chi connectivity index (χ0n) is 15.7. The molecule has 0 aliphatic carbocycles. The van der Waals surface area contributed by atoms with Crippen molar-refractivity contribution < 1.29 is 9.59 Å². The number of hydrogen-bond donors (Lipinski definition) is 0. The van der Waals surface area contributed by atoms with Crippen molar-refractivity contribution in [1.29, 1.82) is 0 Å². The van der Waals surface area contributed by atoms with Crippen LogP contribution in [0.1, 0.15) is 51.6 Å². The average Bonchev–Trinajstić information content (AvgIpc) is 2.68. The largest absolute Gasteiger partial charge is 0.309 e. The lowest BCUT2D eigenvalue weighted by Gasteiger charge is -2.43. The first-order valence-corrected chi connectivity index (χ1v) is 9.36. The van der Waals surface area contributed by atoms with E-state index in [1.54, 1.807) is 0 Å². The van der Waals surface area contributed by atoms with E-state index in [0.29, 0.717) is 12.8 Å². The summed E-state index contributed by atoms with van der Waals surface area (Å²) in [5.41, 5.74) is 2.87. The summed E-state index contributed by atoms with van der Waals surface area (Å²) in [6.07, 6.45) is 1.64. The molecule has 0 aromatic heterocycles. The highest BCUT2D eigenvalue weighted by molar-refractivity contribution is 5.97. The zero-order valence-corrected chi connectivity index (χ0v) is 15.7. The fourth-order valence-corrected chi connectivity index (χ4v) is 3.83. The van der Waals surface area contributed by atoms with Crippen LogP contribution in [-0.4, -0.2) is 17.9 Å². The van der Waals surface area contributed by atoms with Crippen LogP contribution in [0.2, 0.25) is 0 Å². The number of carbonyl (C=O) groups is 2. The van der Waals surface area contributed by atoms with Crippen molar-refractivity contribution in [3.05, 3.63) is 60.2 Å². The van der Waals surface area contributed by atoms with Crippen LogP contribution in [0, 0.1) is 0 Å². The number of carbonyl (C=O) groups excluding carboxylic acids is 2. The Morgan fingerprint density at radius 3 is 2.31 bits per heavy atom. The Morgan fingerprint density at radius 2 is 1.65 bits per heavy atom.